The molecule has 1 aromatic carbocycles. The zero-order valence-electron chi connectivity index (χ0n) is 16.0. The van der Waals surface area contributed by atoms with E-state index >= 15 is 0 Å². The number of hydrogen-bond donors (Lipinski definition) is 1. The summed E-state index contributed by atoms with van der Waals surface area (Å²) in [5, 5.41) is 3.80. The molecule has 0 radical (unpaired) electrons. The number of nitrogens with one attached hydrogen (secondary N) is 1. The summed E-state index contributed by atoms with van der Waals surface area (Å²) in [6.07, 6.45) is 5.09. The fourth-order valence-corrected chi connectivity index (χ4v) is 3.97. The summed E-state index contributed by atoms with van der Waals surface area (Å²) in [4.78, 5) is 7.68. The van der Waals surface area contributed by atoms with E-state index in [1.54, 1.807) is 0 Å². The van der Waals surface area contributed by atoms with Crippen LogP contribution in [0.2, 0.25) is 0 Å². The second-order valence-electron chi connectivity index (χ2n) is 7.80. The molecule has 0 amide bonds. The predicted octanol–water partition coefficient (Wildman–Crippen LogP) is 1.92. The van der Waals surface area contributed by atoms with Crippen molar-refractivity contribution in [3.05, 3.63) is 35.9 Å². The smallest absolute Gasteiger partial charge is 0.0110 e. The summed E-state index contributed by atoms with van der Waals surface area (Å²) < 4.78 is 0. The monoisotopic (exact) mass is 344 g/mol. The SMILES string of the molecule is CN1CCN(CCCNC2CCN(CCc3ccccc3)CC2)CC1. The molecule has 0 spiro atoms. The maximum absolute atomic E-state index is 3.80. The highest BCUT2D eigenvalue weighted by Crippen LogP contribution is 2.11. The minimum atomic E-state index is 0.737. The summed E-state index contributed by atoms with van der Waals surface area (Å²) >= 11 is 0. The van der Waals surface area contributed by atoms with Gasteiger partial charge in [-0.15, -0.1) is 0 Å². The van der Waals surface area contributed by atoms with Gasteiger partial charge in [0.05, 0.1) is 0 Å². The van der Waals surface area contributed by atoms with Crippen molar-refractivity contribution in [2.24, 2.45) is 0 Å². The van der Waals surface area contributed by atoms with Gasteiger partial charge in [-0.25, -0.2) is 0 Å². The number of piperidine rings is 1. The highest BCUT2D eigenvalue weighted by molar-refractivity contribution is 5.14. The molecule has 1 aromatic rings. The molecular formula is C21H36N4. The quantitative estimate of drug-likeness (QED) is 0.727. The van der Waals surface area contributed by atoms with Gasteiger partial charge in [0.1, 0.15) is 0 Å². The Balaban J connectivity index is 1.22. The first-order valence-electron chi connectivity index (χ1n) is 10.2. The highest BCUT2D eigenvalue weighted by atomic mass is 15.2. The molecule has 4 nitrogen and oxygen atoms in total. The zero-order valence-corrected chi connectivity index (χ0v) is 16.0. The van der Waals surface area contributed by atoms with E-state index in [9.17, 15) is 0 Å². The largest absolute Gasteiger partial charge is 0.314 e. The van der Waals surface area contributed by atoms with E-state index in [1.807, 2.05) is 0 Å². The Morgan fingerprint density at radius 2 is 1.56 bits per heavy atom. The minimum absolute atomic E-state index is 0.737. The van der Waals surface area contributed by atoms with Crippen LogP contribution in [0.25, 0.3) is 0 Å². The van der Waals surface area contributed by atoms with Crippen LogP contribution in [-0.4, -0.2) is 86.7 Å². The molecule has 2 aliphatic rings. The second kappa shape index (κ2) is 10.3. The van der Waals surface area contributed by atoms with Gasteiger partial charge in [0.25, 0.3) is 0 Å². The Hall–Kier alpha value is -0.940. The lowest BCUT2D eigenvalue weighted by Gasteiger charge is -2.33. The molecule has 1 N–H and O–H groups in total. The van der Waals surface area contributed by atoms with Crippen LogP contribution in [0.3, 0.4) is 0 Å². The van der Waals surface area contributed by atoms with Crippen LogP contribution in [0, 0.1) is 0 Å². The van der Waals surface area contributed by atoms with Gasteiger partial charge < -0.3 is 20.0 Å². The molecule has 2 fully saturated rings. The molecule has 2 heterocycles. The second-order valence-corrected chi connectivity index (χ2v) is 7.80. The van der Waals surface area contributed by atoms with E-state index in [0.717, 1.165) is 6.04 Å². The Bertz CT molecular complexity index is 462. The Labute approximate surface area is 154 Å². The molecule has 0 saturated carbocycles. The molecule has 0 aromatic heterocycles. The first kappa shape index (κ1) is 18.8. The van der Waals surface area contributed by atoms with Crippen LogP contribution in [0.15, 0.2) is 30.3 Å². The van der Waals surface area contributed by atoms with Crippen LogP contribution in [0.5, 0.6) is 0 Å². The number of benzene rings is 1. The molecule has 140 valence electrons. The molecule has 2 aliphatic heterocycles. The number of likely N-dealkylation sites (tertiary alicyclic amines) is 1. The van der Waals surface area contributed by atoms with Crippen LogP contribution >= 0.6 is 0 Å². The Morgan fingerprint density at radius 1 is 0.880 bits per heavy atom. The van der Waals surface area contributed by atoms with Crippen molar-refractivity contribution in [3.8, 4) is 0 Å². The van der Waals surface area contributed by atoms with Gasteiger partial charge in [0, 0.05) is 38.8 Å². The average molecular weight is 345 g/mol. The van der Waals surface area contributed by atoms with Gasteiger partial charge in [-0.1, -0.05) is 30.3 Å². The first-order valence-corrected chi connectivity index (χ1v) is 10.2. The maximum atomic E-state index is 3.80. The third-order valence-corrected chi connectivity index (χ3v) is 5.83. The number of likely N-dealkylation sites (N-methyl/N-ethyl adjacent to an activating group) is 1. The van der Waals surface area contributed by atoms with Crippen molar-refractivity contribution < 1.29 is 0 Å². The van der Waals surface area contributed by atoms with Gasteiger partial charge in [0.15, 0.2) is 0 Å². The molecule has 3 rings (SSSR count). The van der Waals surface area contributed by atoms with Gasteiger partial charge in [-0.05, 0) is 64.5 Å². The van der Waals surface area contributed by atoms with Crippen molar-refractivity contribution in [1.82, 2.24) is 20.0 Å². The third kappa shape index (κ3) is 6.70. The summed E-state index contributed by atoms with van der Waals surface area (Å²) in [5.41, 5.74) is 1.46. The Morgan fingerprint density at radius 3 is 2.28 bits per heavy atom. The number of hydrogen-bond acceptors (Lipinski definition) is 4. The van der Waals surface area contributed by atoms with E-state index < -0.39 is 0 Å². The summed E-state index contributed by atoms with van der Waals surface area (Å²) in [6, 6.07) is 11.6. The average Bonchev–Trinajstić information content (AvgIpc) is 2.67. The van der Waals surface area contributed by atoms with E-state index in [-0.39, 0.29) is 0 Å². The predicted molar refractivity (Wildman–Crippen MR) is 106 cm³/mol. The molecule has 2 saturated heterocycles. The fraction of sp³-hybridized carbons (Fsp3) is 0.714. The van der Waals surface area contributed by atoms with E-state index in [2.05, 4.69) is 57.4 Å². The standard InChI is InChI=1S/C21H36N4/c1-23-16-18-24(19-17-23)12-5-11-22-21-9-14-25(15-10-21)13-8-20-6-3-2-4-7-20/h2-4,6-7,21-22H,5,8-19H2,1H3. The molecule has 25 heavy (non-hydrogen) atoms. The first-order chi connectivity index (χ1) is 12.3. The summed E-state index contributed by atoms with van der Waals surface area (Å²) in [6.45, 7) is 11.1. The third-order valence-electron chi connectivity index (χ3n) is 5.83. The van der Waals surface area contributed by atoms with Crippen LogP contribution in [0.4, 0.5) is 0 Å². The normalized spacial score (nSPS) is 21.6. The summed E-state index contributed by atoms with van der Waals surface area (Å²) in [5.74, 6) is 0. The molecular weight excluding hydrogens is 308 g/mol. The van der Waals surface area contributed by atoms with Crippen LogP contribution in [-0.2, 0) is 6.42 Å². The van der Waals surface area contributed by atoms with Crippen LogP contribution < -0.4 is 5.32 Å². The topological polar surface area (TPSA) is 21.8 Å². The molecule has 4 heteroatoms. The van der Waals surface area contributed by atoms with Gasteiger partial charge in [-0.3, -0.25) is 0 Å². The van der Waals surface area contributed by atoms with Crippen molar-refractivity contribution in [2.45, 2.75) is 31.7 Å². The Kier molecular flexibility index (Phi) is 7.74. The van der Waals surface area contributed by atoms with Crippen LogP contribution in [0.1, 0.15) is 24.8 Å². The molecule has 0 aliphatic carbocycles. The van der Waals surface area contributed by atoms with Gasteiger partial charge in [0.2, 0.25) is 0 Å². The zero-order chi connectivity index (χ0) is 17.3. The van der Waals surface area contributed by atoms with E-state index in [1.165, 1.54) is 90.1 Å². The minimum Gasteiger partial charge on any atom is -0.314 e. The lowest BCUT2D eigenvalue weighted by atomic mass is 10.0. The lowest BCUT2D eigenvalue weighted by molar-refractivity contribution is 0.151. The van der Waals surface area contributed by atoms with Crippen molar-refractivity contribution in [1.29, 1.82) is 0 Å². The lowest BCUT2D eigenvalue weighted by Crippen LogP contribution is -2.46. The van der Waals surface area contributed by atoms with Crippen molar-refractivity contribution in [2.75, 3.05) is 66.0 Å². The number of piperazine rings is 1. The molecule has 0 bridgehead atoms. The van der Waals surface area contributed by atoms with E-state index in [0.29, 0.717) is 0 Å². The van der Waals surface area contributed by atoms with Gasteiger partial charge in [-0.2, -0.15) is 0 Å². The molecule has 0 atom stereocenters. The molecule has 0 unspecified atom stereocenters. The fourth-order valence-electron chi connectivity index (χ4n) is 3.97. The number of nitrogens with zero attached hydrogens (tertiary/aromatic N) is 3. The maximum Gasteiger partial charge on any atom is 0.0110 e. The highest BCUT2D eigenvalue weighted by Gasteiger charge is 2.18. The van der Waals surface area contributed by atoms with Crippen molar-refractivity contribution >= 4 is 0 Å². The van der Waals surface area contributed by atoms with Crippen molar-refractivity contribution in [3.63, 3.8) is 0 Å². The van der Waals surface area contributed by atoms with E-state index in [4.69, 9.17) is 0 Å². The summed E-state index contributed by atoms with van der Waals surface area (Å²) in [7, 11) is 2.23. The van der Waals surface area contributed by atoms with Gasteiger partial charge >= 0.3 is 0 Å². The number of rotatable bonds is 8.